The number of carboxylic acids is 1. The molecule has 0 aliphatic heterocycles. The number of hydrogen-bond donors (Lipinski definition) is 3. The van der Waals surface area contributed by atoms with E-state index >= 15 is 0 Å². The van der Waals surface area contributed by atoms with E-state index in [1.54, 1.807) is 36.4 Å². The van der Waals surface area contributed by atoms with Crippen LogP contribution in [0, 0.1) is 0 Å². The maximum absolute atomic E-state index is 12.8. The van der Waals surface area contributed by atoms with E-state index in [0.29, 0.717) is 22.3 Å². The van der Waals surface area contributed by atoms with Crippen LogP contribution in [0.4, 0.5) is 4.79 Å². The number of methoxy groups -OCH3 is 2. The molecule has 0 unspecified atom stereocenters. The van der Waals surface area contributed by atoms with Crippen molar-refractivity contribution in [1.29, 1.82) is 0 Å². The van der Waals surface area contributed by atoms with Gasteiger partial charge in [0.25, 0.3) is 0 Å². The zero-order valence-electron chi connectivity index (χ0n) is 33.6. The largest absolute Gasteiger partial charge is 0.496 e. The number of nitrogens with one attached hydrogen (secondary N) is 2. The lowest BCUT2D eigenvalue weighted by Gasteiger charge is -2.20. The predicted molar refractivity (Wildman–Crippen MR) is 226 cm³/mol. The van der Waals surface area contributed by atoms with E-state index in [2.05, 4.69) is 10.6 Å². The summed E-state index contributed by atoms with van der Waals surface area (Å²) in [7, 11) is 2.90. The molecular formula is C47H44N2O12. The summed E-state index contributed by atoms with van der Waals surface area (Å²) in [5.74, 6) is -3.05. The molecule has 61 heavy (non-hydrogen) atoms. The fourth-order valence-corrected chi connectivity index (χ4v) is 6.08. The number of carboxylic acid groups (broad SMARTS) is 1. The molecule has 0 saturated carbocycles. The van der Waals surface area contributed by atoms with Gasteiger partial charge in [-0.1, -0.05) is 121 Å². The Morgan fingerprint density at radius 1 is 0.557 bits per heavy atom. The molecule has 2 atom stereocenters. The van der Waals surface area contributed by atoms with Gasteiger partial charge in [-0.2, -0.15) is 0 Å². The summed E-state index contributed by atoms with van der Waals surface area (Å²) in [6, 6.07) is 37.8. The van der Waals surface area contributed by atoms with Gasteiger partial charge in [-0.05, 0) is 51.7 Å². The van der Waals surface area contributed by atoms with Crippen molar-refractivity contribution in [3.05, 3.63) is 156 Å². The third-order valence-corrected chi connectivity index (χ3v) is 9.19. The molecular weight excluding hydrogens is 785 g/mol. The van der Waals surface area contributed by atoms with Gasteiger partial charge in [0.1, 0.15) is 41.3 Å². The molecule has 314 valence electrons. The number of rotatable bonds is 16. The molecule has 0 heterocycles. The number of ketones is 1. The minimum atomic E-state index is -1.16. The summed E-state index contributed by atoms with van der Waals surface area (Å²) in [6.45, 7) is 0.321. The van der Waals surface area contributed by atoms with Crippen LogP contribution in [0.2, 0.25) is 0 Å². The fraction of sp³-hybridized carbons (Fsp3) is 0.191. The summed E-state index contributed by atoms with van der Waals surface area (Å²) < 4.78 is 26.2. The number of hydrogen-bond acceptors (Lipinski definition) is 11. The summed E-state index contributed by atoms with van der Waals surface area (Å²) in [5, 5.41) is 16.8. The molecule has 0 bridgehead atoms. The van der Waals surface area contributed by atoms with Gasteiger partial charge in [0, 0.05) is 6.42 Å². The van der Waals surface area contributed by atoms with Gasteiger partial charge in [-0.25, -0.2) is 14.4 Å². The second kappa shape index (κ2) is 21.9. The van der Waals surface area contributed by atoms with Crippen molar-refractivity contribution < 1.29 is 57.6 Å². The molecule has 0 radical (unpaired) electrons. The Morgan fingerprint density at radius 2 is 1.02 bits per heavy atom. The third kappa shape index (κ3) is 12.4. The van der Waals surface area contributed by atoms with Crippen LogP contribution in [-0.2, 0) is 41.6 Å². The van der Waals surface area contributed by atoms with Crippen molar-refractivity contribution in [2.45, 2.75) is 32.0 Å². The summed E-state index contributed by atoms with van der Waals surface area (Å²) >= 11 is 0. The quantitative estimate of drug-likeness (QED) is 0.0691. The normalized spacial score (nSPS) is 11.5. The van der Waals surface area contributed by atoms with Crippen molar-refractivity contribution in [2.75, 3.05) is 27.4 Å². The Hall–Kier alpha value is -7.74. The van der Waals surface area contributed by atoms with Crippen molar-refractivity contribution in [1.82, 2.24) is 10.6 Å². The molecule has 0 saturated heterocycles. The van der Waals surface area contributed by atoms with Crippen LogP contribution in [0.5, 0.6) is 11.5 Å². The fourth-order valence-electron chi connectivity index (χ4n) is 6.08. The number of Topliss-reactive ketones (excluding diaryl/α,β-unsaturated/α-hetero) is 1. The molecule has 0 aliphatic rings. The van der Waals surface area contributed by atoms with Gasteiger partial charge in [-0.15, -0.1) is 0 Å². The van der Waals surface area contributed by atoms with E-state index in [4.69, 9.17) is 28.8 Å². The Bertz CT molecular complexity index is 2390. The van der Waals surface area contributed by atoms with Crippen LogP contribution in [0.15, 0.2) is 133 Å². The lowest BCUT2D eigenvalue weighted by molar-refractivity contribution is -0.141. The molecule has 6 aromatic rings. The Labute approximate surface area is 351 Å². The van der Waals surface area contributed by atoms with E-state index in [1.165, 1.54) is 21.1 Å². The van der Waals surface area contributed by atoms with Crippen LogP contribution in [0.1, 0.15) is 38.8 Å². The molecule has 0 aliphatic carbocycles. The van der Waals surface area contributed by atoms with Crippen LogP contribution in [0.3, 0.4) is 0 Å². The standard InChI is InChI=1S/C27H22O7.C20H22N2O5/c1-31-22-13-11-17-7-3-5-9-20(17)24(22)26(29)33-15-19(28)16-34-27(30)25-21-10-6-4-8-18(21)12-14-23(25)32-2;1-14(19(24)25)21-18(23)17(12-15-8-4-2-5-9-15)22-20(26)27-13-16-10-6-3-7-11-16/h3-14H,15-16H2,1-2H3;2-11,14,17H,12-13H2,1H3,(H,21,23)(H,22,26)(H,24,25)/t;14-,17-/m.0/s1. The first-order chi connectivity index (χ1) is 29.5. The number of carbonyl (C=O) groups is 6. The van der Waals surface area contributed by atoms with Crippen LogP contribution >= 0.6 is 0 Å². The molecule has 14 nitrogen and oxygen atoms in total. The number of esters is 2. The highest BCUT2D eigenvalue weighted by molar-refractivity contribution is 6.09. The van der Waals surface area contributed by atoms with Gasteiger partial charge < -0.3 is 39.4 Å². The zero-order chi connectivity index (χ0) is 43.7. The molecule has 0 fully saturated rings. The topological polar surface area (TPSA) is 193 Å². The maximum Gasteiger partial charge on any atom is 0.408 e. The van der Waals surface area contributed by atoms with Crippen molar-refractivity contribution in [2.24, 2.45) is 0 Å². The summed E-state index contributed by atoms with van der Waals surface area (Å²) in [5.41, 5.74) is 2.09. The van der Waals surface area contributed by atoms with E-state index < -0.39 is 61.0 Å². The van der Waals surface area contributed by atoms with Gasteiger partial charge in [0.05, 0.1) is 14.2 Å². The number of aliphatic carboxylic acids is 1. The predicted octanol–water partition coefficient (Wildman–Crippen LogP) is 6.71. The maximum atomic E-state index is 12.8. The molecule has 0 spiro atoms. The minimum absolute atomic E-state index is 0.0673. The van der Waals surface area contributed by atoms with Gasteiger partial charge in [0.2, 0.25) is 11.7 Å². The van der Waals surface area contributed by atoms with E-state index in [0.717, 1.165) is 21.9 Å². The lowest BCUT2D eigenvalue weighted by Crippen LogP contribution is -2.51. The number of amides is 2. The van der Waals surface area contributed by atoms with Gasteiger partial charge >= 0.3 is 24.0 Å². The van der Waals surface area contributed by atoms with Gasteiger partial charge in [-0.3, -0.25) is 14.4 Å². The van der Waals surface area contributed by atoms with Crippen LogP contribution in [-0.4, -0.2) is 80.3 Å². The summed E-state index contributed by atoms with van der Waals surface area (Å²) in [6.07, 6.45) is -0.544. The highest BCUT2D eigenvalue weighted by atomic mass is 16.6. The Morgan fingerprint density at radius 3 is 1.49 bits per heavy atom. The summed E-state index contributed by atoms with van der Waals surface area (Å²) in [4.78, 5) is 73.4. The molecule has 0 aromatic heterocycles. The molecule has 2 amide bonds. The highest BCUT2D eigenvalue weighted by Crippen LogP contribution is 2.30. The second-order valence-electron chi connectivity index (χ2n) is 13.4. The van der Waals surface area contributed by atoms with E-state index in [9.17, 15) is 28.8 Å². The number of ether oxygens (including phenoxy) is 5. The molecule has 6 aromatic carbocycles. The first-order valence-electron chi connectivity index (χ1n) is 19.0. The number of carbonyl (C=O) groups excluding carboxylic acids is 5. The zero-order valence-corrected chi connectivity index (χ0v) is 33.6. The van der Waals surface area contributed by atoms with Crippen LogP contribution < -0.4 is 20.1 Å². The highest BCUT2D eigenvalue weighted by Gasteiger charge is 2.26. The molecule has 3 N–H and O–H groups in total. The van der Waals surface area contributed by atoms with Crippen molar-refractivity contribution >= 4 is 57.2 Å². The Balaban J connectivity index is 0.000000238. The Kier molecular flexibility index (Phi) is 15.9. The van der Waals surface area contributed by atoms with E-state index in [-0.39, 0.29) is 24.2 Å². The SMILES string of the molecule is COc1ccc2ccccc2c1C(=O)OCC(=O)COC(=O)c1c(OC)ccc2ccccc12.C[C@H](NC(=O)[C@H](Cc1ccccc1)NC(=O)OCc1ccccc1)C(=O)O. The number of fused-ring (bicyclic) bond motifs is 2. The lowest BCUT2D eigenvalue weighted by atomic mass is 10.0. The van der Waals surface area contributed by atoms with Crippen molar-refractivity contribution in [3.63, 3.8) is 0 Å². The van der Waals surface area contributed by atoms with E-state index in [1.807, 2.05) is 97.1 Å². The average Bonchev–Trinajstić information content (AvgIpc) is 3.29. The molecule has 6 rings (SSSR count). The molecule has 14 heteroatoms. The van der Waals surface area contributed by atoms with Crippen molar-refractivity contribution in [3.8, 4) is 11.5 Å². The van der Waals surface area contributed by atoms with Gasteiger partial charge in [0.15, 0.2) is 13.2 Å². The number of benzene rings is 6. The minimum Gasteiger partial charge on any atom is -0.496 e. The number of alkyl carbamates (subject to hydrolysis) is 1. The van der Waals surface area contributed by atoms with Crippen LogP contribution in [0.25, 0.3) is 21.5 Å². The first-order valence-corrected chi connectivity index (χ1v) is 19.0. The smallest absolute Gasteiger partial charge is 0.408 e. The average molecular weight is 829 g/mol. The monoisotopic (exact) mass is 828 g/mol. The second-order valence-corrected chi connectivity index (χ2v) is 13.4. The third-order valence-electron chi connectivity index (χ3n) is 9.19. The first kappa shape index (κ1) is 44.4.